The van der Waals surface area contributed by atoms with Crippen LogP contribution in [0.3, 0.4) is 0 Å². The van der Waals surface area contributed by atoms with Gasteiger partial charge in [-0.05, 0) is 25.0 Å². The Morgan fingerprint density at radius 1 is 1.40 bits per heavy atom. The third-order valence-corrected chi connectivity index (χ3v) is 2.73. The van der Waals surface area contributed by atoms with Crippen molar-refractivity contribution in [3.8, 4) is 11.8 Å². The molecule has 0 aromatic heterocycles. The van der Waals surface area contributed by atoms with Crippen LogP contribution in [0.2, 0.25) is 5.02 Å². The molecule has 0 saturated heterocycles. The van der Waals surface area contributed by atoms with Crippen LogP contribution in [-0.2, 0) is 0 Å². The maximum absolute atomic E-state index is 8.67. The van der Waals surface area contributed by atoms with E-state index in [1.54, 1.807) is 18.2 Å². The highest BCUT2D eigenvalue weighted by Gasteiger charge is 2.01. The smallest absolute Gasteiger partial charge is 0.120 e. The van der Waals surface area contributed by atoms with Gasteiger partial charge in [-0.2, -0.15) is 5.26 Å². The molecule has 1 rings (SSSR count). The molecule has 1 aromatic rings. The summed E-state index contributed by atoms with van der Waals surface area (Å²) in [6.07, 6.45) is 2.09. The predicted octanol–water partition coefficient (Wildman–Crippen LogP) is 3.77. The highest BCUT2D eigenvalue weighted by molar-refractivity contribution is 9.09. The molecule has 0 bridgehead atoms. The molecule has 0 amide bonds. The lowest BCUT2D eigenvalue weighted by atomic mass is 10.2. The lowest BCUT2D eigenvalue weighted by Crippen LogP contribution is -1.97. The van der Waals surface area contributed by atoms with Crippen LogP contribution in [0.4, 0.5) is 0 Å². The van der Waals surface area contributed by atoms with E-state index in [9.17, 15) is 0 Å². The molecule has 0 radical (unpaired) electrons. The molecule has 0 atom stereocenters. The Bertz CT molecular complexity index is 362. The summed E-state index contributed by atoms with van der Waals surface area (Å²) in [5.74, 6) is 0.716. The average molecular weight is 289 g/mol. The fraction of sp³-hybridized carbons (Fsp3) is 0.364. The molecule has 0 saturated carbocycles. The van der Waals surface area contributed by atoms with Crippen molar-refractivity contribution in [1.82, 2.24) is 0 Å². The number of unbranched alkanes of at least 4 members (excludes halogenated alkanes) is 1. The molecule has 0 N–H and O–H groups in total. The molecule has 15 heavy (non-hydrogen) atoms. The number of hydrogen-bond acceptors (Lipinski definition) is 2. The number of benzene rings is 1. The number of alkyl halides is 1. The van der Waals surface area contributed by atoms with Gasteiger partial charge in [0, 0.05) is 11.4 Å². The number of rotatable bonds is 5. The van der Waals surface area contributed by atoms with E-state index in [1.165, 1.54) is 0 Å². The molecule has 0 aliphatic carbocycles. The van der Waals surface area contributed by atoms with Gasteiger partial charge in [0.15, 0.2) is 0 Å². The van der Waals surface area contributed by atoms with Crippen LogP contribution in [0.15, 0.2) is 18.2 Å². The third kappa shape index (κ3) is 4.11. The van der Waals surface area contributed by atoms with E-state index in [0.29, 0.717) is 22.9 Å². The van der Waals surface area contributed by atoms with E-state index in [1.807, 2.05) is 6.07 Å². The van der Waals surface area contributed by atoms with E-state index in [0.717, 1.165) is 18.2 Å². The topological polar surface area (TPSA) is 33.0 Å². The first-order chi connectivity index (χ1) is 7.27. The lowest BCUT2D eigenvalue weighted by molar-refractivity contribution is 0.310. The Labute approximate surface area is 103 Å². The Kier molecular flexibility index (Phi) is 5.52. The third-order valence-electron chi connectivity index (χ3n) is 1.86. The number of hydrogen-bond donors (Lipinski definition) is 0. The van der Waals surface area contributed by atoms with Gasteiger partial charge in [-0.1, -0.05) is 27.5 Å². The largest absolute Gasteiger partial charge is 0.494 e. The summed E-state index contributed by atoms with van der Waals surface area (Å²) in [5, 5.41) is 10.1. The minimum Gasteiger partial charge on any atom is -0.494 e. The van der Waals surface area contributed by atoms with E-state index < -0.39 is 0 Å². The highest BCUT2D eigenvalue weighted by atomic mass is 79.9. The van der Waals surface area contributed by atoms with Crippen molar-refractivity contribution < 1.29 is 4.74 Å². The second-order valence-corrected chi connectivity index (χ2v) is 4.20. The van der Waals surface area contributed by atoms with Crippen molar-refractivity contribution in [3.63, 3.8) is 0 Å². The molecule has 1 aromatic carbocycles. The zero-order valence-electron chi connectivity index (χ0n) is 8.17. The molecule has 0 aliphatic heterocycles. The normalized spacial score (nSPS) is 9.67. The van der Waals surface area contributed by atoms with Gasteiger partial charge in [0.2, 0.25) is 0 Å². The summed E-state index contributed by atoms with van der Waals surface area (Å²) < 4.78 is 5.47. The van der Waals surface area contributed by atoms with E-state index in [-0.39, 0.29) is 0 Å². The minimum atomic E-state index is 0.440. The van der Waals surface area contributed by atoms with Gasteiger partial charge in [0.25, 0.3) is 0 Å². The number of halogens is 2. The van der Waals surface area contributed by atoms with Gasteiger partial charge in [0.1, 0.15) is 11.8 Å². The van der Waals surface area contributed by atoms with Crippen LogP contribution in [0.5, 0.6) is 5.75 Å². The molecule has 4 heteroatoms. The van der Waals surface area contributed by atoms with Gasteiger partial charge in [0.05, 0.1) is 17.2 Å². The Balaban J connectivity index is 2.49. The summed E-state index contributed by atoms with van der Waals surface area (Å²) in [4.78, 5) is 0. The zero-order valence-corrected chi connectivity index (χ0v) is 10.5. The predicted molar refractivity (Wildman–Crippen MR) is 64.7 cm³/mol. The van der Waals surface area contributed by atoms with Crippen LogP contribution in [-0.4, -0.2) is 11.9 Å². The second-order valence-electron chi connectivity index (χ2n) is 3.00. The van der Waals surface area contributed by atoms with Crippen molar-refractivity contribution in [1.29, 1.82) is 5.26 Å². The van der Waals surface area contributed by atoms with Gasteiger partial charge < -0.3 is 4.74 Å². The van der Waals surface area contributed by atoms with Crippen LogP contribution in [0, 0.1) is 11.3 Å². The lowest BCUT2D eigenvalue weighted by Gasteiger charge is -2.05. The van der Waals surface area contributed by atoms with Gasteiger partial charge in [-0.3, -0.25) is 0 Å². The summed E-state index contributed by atoms with van der Waals surface area (Å²) in [6.45, 7) is 0.674. The second kappa shape index (κ2) is 6.71. The first-order valence-corrected chi connectivity index (χ1v) is 6.16. The van der Waals surface area contributed by atoms with Crippen LogP contribution in [0.25, 0.3) is 0 Å². The number of nitrogens with zero attached hydrogens (tertiary/aromatic N) is 1. The molecule has 2 nitrogen and oxygen atoms in total. The summed E-state index contributed by atoms with van der Waals surface area (Å²) >= 11 is 9.21. The van der Waals surface area contributed by atoms with Gasteiger partial charge in [-0.15, -0.1) is 0 Å². The van der Waals surface area contributed by atoms with Crippen LogP contribution >= 0.6 is 27.5 Å². The van der Waals surface area contributed by atoms with Crippen molar-refractivity contribution in [2.45, 2.75) is 12.8 Å². The van der Waals surface area contributed by atoms with E-state index >= 15 is 0 Å². The molecular weight excluding hydrogens is 277 g/mol. The SMILES string of the molecule is N#Cc1ccc(OCCCCBr)cc1Cl. The van der Waals surface area contributed by atoms with Crippen molar-refractivity contribution in [2.24, 2.45) is 0 Å². The number of ether oxygens (including phenoxy) is 1. The molecule has 0 aliphatic rings. The Morgan fingerprint density at radius 3 is 2.80 bits per heavy atom. The fourth-order valence-corrected chi connectivity index (χ4v) is 1.67. The zero-order chi connectivity index (χ0) is 11.1. The highest BCUT2D eigenvalue weighted by Crippen LogP contribution is 2.21. The first kappa shape index (κ1) is 12.4. The molecule has 0 heterocycles. The maximum Gasteiger partial charge on any atom is 0.120 e. The summed E-state index contributed by atoms with van der Waals surface area (Å²) in [6, 6.07) is 7.11. The summed E-state index contributed by atoms with van der Waals surface area (Å²) in [5.41, 5.74) is 0.476. The molecule has 0 spiro atoms. The Hall–Kier alpha value is -0.720. The standard InChI is InChI=1S/C11H11BrClNO/c12-5-1-2-6-15-10-4-3-9(8-14)11(13)7-10/h3-4,7H,1-2,5-6H2. The maximum atomic E-state index is 8.67. The minimum absolute atomic E-state index is 0.440. The van der Waals surface area contributed by atoms with Crippen molar-refractivity contribution >= 4 is 27.5 Å². The fourth-order valence-electron chi connectivity index (χ4n) is 1.06. The van der Waals surface area contributed by atoms with Crippen molar-refractivity contribution in [2.75, 3.05) is 11.9 Å². The van der Waals surface area contributed by atoms with E-state index in [2.05, 4.69) is 15.9 Å². The van der Waals surface area contributed by atoms with Gasteiger partial charge in [-0.25, -0.2) is 0 Å². The van der Waals surface area contributed by atoms with E-state index in [4.69, 9.17) is 21.6 Å². The first-order valence-electron chi connectivity index (χ1n) is 4.66. The molecule has 80 valence electrons. The summed E-state index contributed by atoms with van der Waals surface area (Å²) in [7, 11) is 0. The average Bonchev–Trinajstić information content (AvgIpc) is 2.25. The Morgan fingerprint density at radius 2 is 2.20 bits per heavy atom. The number of nitriles is 1. The monoisotopic (exact) mass is 287 g/mol. The van der Waals surface area contributed by atoms with Crippen LogP contribution < -0.4 is 4.74 Å². The molecule has 0 unspecified atom stereocenters. The van der Waals surface area contributed by atoms with Crippen LogP contribution in [0.1, 0.15) is 18.4 Å². The van der Waals surface area contributed by atoms with Crippen molar-refractivity contribution in [3.05, 3.63) is 28.8 Å². The molecular formula is C11H11BrClNO. The van der Waals surface area contributed by atoms with Gasteiger partial charge >= 0.3 is 0 Å². The quantitative estimate of drug-likeness (QED) is 0.610. The molecule has 0 fully saturated rings.